The summed E-state index contributed by atoms with van der Waals surface area (Å²) in [5.41, 5.74) is 4.27. The van der Waals surface area contributed by atoms with Crippen molar-refractivity contribution >= 4 is 11.7 Å². The lowest BCUT2D eigenvalue weighted by Crippen LogP contribution is -2.46. The third-order valence-corrected chi connectivity index (χ3v) is 3.83. The molecule has 0 saturated heterocycles. The second-order valence-corrected chi connectivity index (χ2v) is 5.12. The number of fused-ring (bicyclic) bond motifs is 1. The summed E-state index contributed by atoms with van der Waals surface area (Å²) in [5.74, 6) is -0.782. The molecule has 1 unspecified atom stereocenters. The molecule has 0 aliphatic carbocycles. The molecule has 0 radical (unpaired) electrons. The molecule has 1 aromatic heterocycles. The molecule has 4 heteroatoms. The van der Waals surface area contributed by atoms with E-state index in [0.29, 0.717) is 13.0 Å². The van der Waals surface area contributed by atoms with Crippen molar-refractivity contribution in [3.63, 3.8) is 0 Å². The Kier molecular flexibility index (Phi) is 3.14. The maximum absolute atomic E-state index is 11.6. The highest BCUT2D eigenvalue weighted by Gasteiger charge is 2.32. The highest BCUT2D eigenvalue weighted by atomic mass is 16.4. The number of aryl methyl sites for hydroxylation is 1. The van der Waals surface area contributed by atoms with Crippen LogP contribution in [0.5, 0.6) is 0 Å². The summed E-state index contributed by atoms with van der Waals surface area (Å²) in [4.78, 5) is 17.6. The summed E-state index contributed by atoms with van der Waals surface area (Å²) in [6, 6.07) is 9.41. The number of hydrogen-bond donors (Lipinski definition) is 1. The van der Waals surface area contributed by atoms with Crippen molar-refractivity contribution in [2.24, 2.45) is 0 Å². The zero-order chi connectivity index (χ0) is 14.1. The van der Waals surface area contributed by atoms with Crippen molar-refractivity contribution in [3.05, 3.63) is 59.4 Å². The number of pyridine rings is 1. The third kappa shape index (κ3) is 2.13. The summed E-state index contributed by atoms with van der Waals surface area (Å²) < 4.78 is 0. The van der Waals surface area contributed by atoms with Gasteiger partial charge in [0.2, 0.25) is 0 Å². The van der Waals surface area contributed by atoms with E-state index in [-0.39, 0.29) is 0 Å². The van der Waals surface area contributed by atoms with E-state index in [4.69, 9.17) is 0 Å². The number of anilines is 1. The van der Waals surface area contributed by atoms with E-state index in [0.717, 1.165) is 16.8 Å². The lowest BCUT2D eigenvalue weighted by Gasteiger charge is -2.36. The van der Waals surface area contributed by atoms with Crippen molar-refractivity contribution < 1.29 is 9.90 Å². The Morgan fingerprint density at radius 3 is 2.75 bits per heavy atom. The Morgan fingerprint density at radius 2 is 2.05 bits per heavy atom. The SMILES string of the molecule is Cc1cnccc1N1Cc2ccccc2CC1C(=O)O. The molecule has 2 aromatic rings. The van der Waals surface area contributed by atoms with Crippen LogP contribution in [0.25, 0.3) is 0 Å². The van der Waals surface area contributed by atoms with E-state index in [1.54, 1.807) is 12.4 Å². The van der Waals surface area contributed by atoms with Crippen LogP contribution >= 0.6 is 0 Å². The van der Waals surface area contributed by atoms with Gasteiger partial charge in [-0.3, -0.25) is 4.98 Å². The number of carboxylic acids is 1. The van der Waals surface area contributed by atoms with Gasteiger partial charge >= 0.3 is 5.97 Å². The molecule has 2 heterocycles. The van der Waals surface area contributed by atoms with Gasteiger partial charge in [-0.2, -0.15) is 0 Å². The molecule has 102 valence electrons. The first-order chi connectivity index (χ1) is 9.66. The molecule has 0 fully saturated rings. The summed E-state index contributed by atoms with van der Waals surface area (Å²) in [7, 11) is 0. The maximum Gasteiger partial charge on any atom is 0.326 e. The highest BCUT2D eigenvalue weighted by Crippen LogP contribution is 2.30. The quantitative estimate of drug-likeness (QED) is 0.908. The number of rotatable bonds is 2. The fraction of sp³-hybridized carbons (Fsp3) is 0.250. The normalized spacial score (nSPS) is 17.6. The third-order valence-electron chi connectivity index (χ3n) is 3.83. The van der Waals surface area contributed by atoms with Crippen LogP contribution in [0.4, 0.5) is 5.69 Å². The van der Waals surface area contributed by atoms with Crippen LogP contribution in [0.2, 0.25) is 0 Å². The number of carbonyl (C=O) groups is 1. The van der Waals surface area contributed by atoms with Crippen LogP contribution in [0.3, 0.4) is 0 Å². The molecule has 0 saturated carbocycles. The molecular weight excluding hydrogens is 252 g/mol. The molecule has 0 bridgehead atoms. The lowest BCUT2D eigenvalue weighted by atomic mass is 9.93. The molecule has 1 atom stereocenters. The molecule has 20 heavy (non-hydrogen) atoms. The van der Waals surface area contributed by atoms with Gasteiger partial charge in [-0.15, -0.1) is 0 Å². The van der Waals surface area contributed by atoms with Crippen LogP contribution in [0, 0.1) is 6.92 Å². The Balaban J connectivity index is 2.05. The molecular formula is C16H16N2O2. The van der Waals surface area contributed by atoms with Gasteiger partial charge < -0.3 is 10.0 Å². The van der Waals surface area contributed by atoms with Crippen LogP contribution in [0.1, 0.15) is 16.7 Å². The number of aromatic nitrogens is 1. The van der Waals surface area contributed by atoms with E-state index in [9.17, 15) is 9.90 Å². The molecule has 1 aliphatic rings. The zero-order valence-corrected chi connectivity index (χ0v) is 11.3. The largest absolute Gasteiger partial charge is 0.480 e. The number of nitrogens with zero attached hydrogens (tertiary/aromatic N) is 2. The first-order valence-electron chi connectivity index (χ1n) is 6.63. The first kappa shape index (κ1) is 12.7. The second kappa shape index (κ2) is 4.96. The van der Waals surface area contributed by atoms with Gasteiger partial charge in [0.25, 0.3) is 0 Å². The number of hydrogen-bond acceptors (Lipinski definition) is 3. The summed E-state index contributed by atoms with van der Waals surface area (Å²) >= 11 is 0. The lowest BCUT2D eigenvalue weighted by molar-refractivity contribution is -0.138. The number of aliphatic carboxylic acids is 1. The van der Waals surface area contributed by atoms with Gasteiger partial charge in [0.05, 0.1) is 0 Å². The minimum Gasteiger partial charge on any atom is -0.480 e. The Labute approximate surface area is 117 Å². The minimum atomic E-state index is -0.782. The predicted molar refractivity (Wildman–Crippen MR) is 76.7 cm³/mol. The van der Waals surface area contributed by atoms with Gasteiger partial charge in [0, 0.05) is 31.0 Å². The Morgan fingerprint density at radius 1 is 1.30 bits per heavy atom. The topological polar surface area (TPSA) is 53.4 Å². The van der Waals surface area contributed by atoms with E-state index >= 15 is 0 Å². The van der Waals surface area contributed by atoms with Crippen LogP contribution in [-0.2, 0) is 17.8 Å². The van der Waals surface area contributed by atoms with Gasteiger partial charge in [0.15, 0.2) is 0 Å². The molecule has 1 aliphatic heterocycles. The molecule has 1 N–H and O–H groups in total. The summed E-state index contributed by atoms with van der Waals surface area (Å²) in [6.07, 6.45) is 4.02. The fourth-order valence-electron chi connectivity index (χ4n) is 2.79. The molecule has 3 rings (SSSR count). The monoisotopic (exact) mass is 268 g/mol. The Hall–Kier alpha value is -2.36. The zero-order valence-electron chi connectivity index (χ0n) is 11.3. The molecule has 0 amide bonds. The van der Waals surface area contributed by atoms with Crippen LogP contribution in [-0.4, -0.2) is 22.1 Å². The Bertz CT molecular complexity index is 654. The predicted octanol–water partition coefficient (Wildman–Crippen LogP) is 2.41. The van der Waals surface area contributed by atoms with Crippen molar-refractivity contribution in [2.45, 2.75) is 25.9 Å². The summed E-state index contributed by atoms with van der Waals surface area (Å²) in [6.45, 7) is 2.58. The van der Waals surface area contributed by atoms with Crippen molar-refractivity contribution in [3.8, 4) is 0 Å². The van der Waals surface area contributed by atoms with Crippen LogP contribution < -0.4 is 4.90 Å². The fourth-order valence-corrected chi connectivity index (χ4v) is 2.79. The number of carboxylic acid groups (broad SMARTS) is 1. The van der Waals surface area contributed by atoms with Crippen molar-refractivity contribution in [1.29, 1.82) is 0 Å². The van der Waals surface area contributed by atoms with E-state index in [2.05, 4.69) is 11.1 Å². The number of benzene rings is 1. The average molecular weight is 268 g/mol. The van der Waals surface area contributed by atoms with Gasteiger partial charge in [0.1, 0.15) is 6.04 Å². The standard InChI is InChI=1S/C16H16N2O2/c1-11-9-17-7-6-14(11)18-10-13-5-3-2-4-12(13)8-15(18)16(19)20/h2-7,9,15H,8,10H2,1H3,(H,19,20). The minimum absolute atomic E-state index is 0.522. The van der Waals surface area contributed by atoms with Crippen molar-refractivity contribution in [1.82, 2.24) is 4.98 Å². The van der Waals surface area contributed by atoms with E-state index in [1.165, 1.54) is 5.56 Å². The smallest absolute Gasteiger partial charge is 0.326 e. The second-order valence-electron chi connectivity index (χ2n) is 5.12. The van der Waals surface area contributed by atoms with Gasteiger partial charge in [-0.05, 0) is 29.7 Å². The maximum atomic E-state index is 11.6. The van der Waals surface area contributed by atoms with E-state index < -0.39 is 12.0 Å². The summed E-state index contributed by atoms with van der Waals surface area (Å²) in [5, 5.41) is 9.53. The molecule has 1 aromatic carbocycles. The van der Waals surface area contributed by atoms with Gasteiger partial charge in [-0.25, -0.2) is 4.79 Å². The van der Waals surface area contributed by atoms with E-state index in [1.807, 2.05) is 36.1 Å². The first-order valence-corrected chi connectivity index (χ1v) is 6.63. The van der Waals surface area contributed by atoms with Crippen molar-refractivity contribution in [2.75, 3.05) is 4.90 Å². The van der Waals surface area contributed by atoms with Crippen LogP contribution in [0.15, 0.2) is 42.7 Å². The highest BCUT2D eigenvalue weighted by molar-refractivity contribution is 5.80. The van der Waals surface area contributed by atoms with Gasteiger partial charge in [-0.1, -0.05) is 24.3 Å². The average Bonchev–Trinajstić information content (AvgIpc) is 2.46. The molecule has 0 spiro atoms. The molecule has 4 nitrogen and oxygen atoms in total.